The van der Waals surface area contributed by atoms with Crippen LogP contribution >= 0.6 is 0 Å². The third-order valence-corrected chi connectivity index (χ3v) is 7.42. The highest BCUT2D eigenvalue weighted by atomic mass is 32.2. The lowest BCUT2D eigenvalue weighted by Gasteiger charge is -2.13. The number of anilines is 3. The van der Waals surface area contributed by atoms with Gasteiger partial charge in [0, 0.05) is 12.1 Å². The summed E-state index contributed by atoms with van der Waals surface area (Å²) >= 11 is 0. The van der Waals surface area contributed by atoms with E-state index < -0.39 is 10.0 Å². The van der Waals surface area contributed by atoms with Gasteiger partial charge in [-0.05, 0) is 42.8 Å². The van der Waals surface area contributed by atoms with Crippen molar-refractivity contribution < 1.29 is 27.2 Å². The van der Waals surface area contributed by atoms with Crippen molar-refractivity contribution in [3.8, 4) is 17.2 Å². The number of rotatable bonds is 10. The molecule has 0 saturated carbocycles. The van der Waals surface area contributed by atoms with E-state index in [2.05, 4.69) is 20.3 Å². The monoisotopic (exact) mass is 549 g/mol. The fourth-order valence-electron chi connectivity index (χ4n) is 4.14. The number of methoxy groups -OCH3 is 3. The summed E-state index contributed by atoms with van der Waals surface area (Å²) in [6.07, 6.45) is 0. The lowest BCUT2D eigenvalue weighted by Crippen LogP contribution is -2.14. The first-order valence-corrected chi connectivity index (χ1v) is 13.4. The Balaban J connectivity index is 1.44. The summed E-state index contributed by atoms with van der Waals surface area (Å²) in [5.41, 5.74) is 2.83. The fourth-order valence-corrected chi connectivity index (χ4v) is 5.32. The van der Waals surface area contributed by atoms with Crippen molar-refractivity contribution in [1.82, 2.24) is 14.9 Å². The second-order valence-electron chi connectivity index (χ2n) is 8.64. The zero-order valence-corrected chi connectivity index (χ0v) is 22.6. The lowest BCUT2D eigenvalue weighted by molar-refractivity contribution is 0.403. The Bertz CT molecular complexity index is 1730. The molecule has 2 heterocycles. The number of ether oxygens (including phenoxy) is 3. The number of benzene rings is 3. The maximum absolute atomic E-state index is 13.1. The molecule has 0 spiro atoms. The molecule has 0 aliphatic carbocycles. The van der Waals surface area contributed by atoms with Crippen molar-refractivity contribution in [2.45, 2.75) is 18.4 Å². The Hall–Kier alpha value is -4.71. The second kappa shape index (κ2) is 10.6. The number of hydrogen-bond acceptors (Lipinski definition) is 9. The molecular formula is C27H27N5O6S. The third-order valence-electron chi connectivity index (χ3n) is 6.04. The first-order valence-electron chi connectivity index (χ1n) is 11.9. The zero-order chi connectivity index (χ0) is 27.6. The van der Waals surface area contributed by atoms with E-state index in [-0.39, 0.29) is 16.5 Å². The van der Waals surface area contributed by atoms with E-state index in [4.69, 9.17) is 18.7 Å². The molecule has 11 nitrogen and oxygen atoms in total. The number of nitrogens with one attached hydrogen (secondary N) is 2. The zero-order valence-electron chi connectivity index (χ0n) is 21.8. The van der Waals surface area contributed by atoms with Gasteiger partial charge in [-0.25, -0.2) is 13.1 Å². The second-order valence-corrected chi connectivity index (χ2v) is 10.3. The summed E-state index contributed by atoms with van der Waals surface area (Å²) in [6.45, 7) is 2.44. The molecule has 5 rings (SSSR count). The smallest absolute Gasteiger partial charge is 0.266 e. The van der Waals surface area contributed by atoms with Crippen LogP contribution in [-0.2, 0) is 16.6 Å². The SMILES string of the molecule is COc1ccc(Cn2nc(C)cc2Nc2cc3onc(NS(=O)(=O)c4ccccc4OC)c3cc2OC)cc1. The molecule has 0 saturated heterocycles. The van der Waals surface area contributed by atoms with E-state index >= 15 is 0 Å². The minimum absolute atomic E-state index is 0.0191. The predicted molar refractivity (Wildman–Crippen MR) is 147 cm³/mol. The van der Waals surface area contributed by atoms with Crippen LogP contribution in [-0.4, -0.2) is 44.7 Å². The molecule has 0 fully saturated rings. The van der Waals surface area contributed by atoms with Crippen LogP contribution in [0.4, 0.5) is 17.3 Å². The van der Waals surface area contributed by atoms with E-state index in [1.165, 1.54) is 20.3 Å². The molecule has 0 aliphatic rings. The van der Waals surface area contributed by atoms with Crippen molar-refractivity contribution in [2.75, 3.05) is 31.4 Å². The molecule has 2 N–H and O–H groups in total. The Labute approximate surface area is 225 Å². The molecule has 0 unspecified atom stereocenters. The molecular weight excluding hydrogens is 522 g/mol. The van der Waals surface area contributed by atoms with Gasteiger partial charge in [-0.3, -0.25) is 4.72 Å². The number of aromatic nitrogens is 3. The van der Waals surface area contributed by atoms with Crippen molar-refractivity contribution >= 4 is 38.3 Å². The van der Waals surface area contributed by atoms with Gasteiger partial charge in [0.05, 0.1) is 44.6 Å². The molecule has 0 atom stereocenters. The lowest BCUT2D eigenvalue weighted by atomic mass is 10.2. The molecule has 39 heavy (non-hydrogen) atoms. The minimum Gasteiger partial charge on any atom is -0.497 e. The van der Waals surface area contributed by atoms with E-state index in [0.717, 1.165) is 22.8 Å². The summed E-state index contributed by atoms with van der Waals surface area (Å²) in [7, 11) is 0.556. The average Bonchev–Trinajstić information content (AvgIpc) is 3.49. The summed E-state index contributed by atoms with van der Waals surface area (Å²) < 4.78 is 52.0. The quantitative estimate of drug-likeness (QED) is 0.248. The molecule has 0 bridgehead atoms. The Morgan fingerprint density at radius 3 is 2.38 bits per heavy atom. The molecule has 202 valence electrons. The van der Waals surface area contributed by atoms with Crippen LogP contribution in [0.1, 0.15) is 11.3 Å². The predicted octanol–water partition coefficient (Wildman–Crippen LogP) is 4.95. The van der Waals surface area contributed by atoms with Crippen LogP contribution in [0.3, 0.4) is 0 Å². The summed E-state index contributed by atoms with van der Waals surface area (Å²) in [6, 6.07) is 19.4. The molecule has 5 aromatic rings. The van der Waals surface area contributed by atoms with Gasteiger partial charge in [-0.2, -0.15) is 5.10 Å². The van der Waals surface area contributed by atoms with Crippen LogP contribution in [0.5, 0.6) is 17.2 Å². The molecule has 0 amide bonds. The van der Waals surface area contributed by atoms with Crippen molar-refractivity contribution in [3.05, 3.63) is 78.0 Å². The average molecular weight is 550 g/mol. The summed E-state index contributed by atoms with van der Waals surface area (Å²) in [4.78, 5) is -0.0191. The summed E-state index contributed by atoms with van der Waals surface area (Å²) in [5, 5.41) is 12.4. The molecule has 12 heteroatoms. The summed E-state index contributed by atoms with van der Waals surface area (Å²) in [5.74, 6) is 2.21. The number of fused-ring (bicyclic) bond motifs is 1. The van der Waals surface area contributed by atoms with Gasteiger partial charge in [0.25, 0.3) is 10.0 Å². The number of hydrogen-bond donors (Lipinski definition) is 2. The van der Waals surface area contributed by atoms with Crippen molar-refractivity contribution in [1.29, 1.82) is 0 Å². The van der Waals surface area contributed by atoms with E-state index in [9.17, 15) is 8.42 Å². The Kier molecular flexibility index (Phi) is 7.03. The highest BCUT2D eigenvalue weighted by molar-refractivity contribution is 7.92. The first-order chi connectivity index (χ1) is 18.8. The van der Waals surface area contributed by atoms with E-state index in [1.807, 2.05) is 41.9 Å². The van der Waals surface area contributed by atoms with Crippen LogP contribution in [0, 0.1) is 6.92 Å². The van der Waals surface area contributed by atoms with Crippen molar-refractivity contribution in [3.63, 3.8) is 0 Å². The normalized spacial score (nSPS) is 11.4. The van der Waals surface area contributed by atoms with Crippen LogP contribution in [0.15, 0.2) is 76.1 Å². The topological polar surface area (TPSA) is 130 Å². The number of sulfonamides is 1. The Morgan fingerprint density at radius 1 is 0.923 bits per heavy atom. The van der Waals surface area contributed by atoms with E-state index in [1.54, 1.807) is 37.4 Å². The third kappa shape index (κ3) is 5.32. The molecule has 3 aromatic carbocycles. The van der Waals surface area contributed by atoms with Gasteiger partial charge in [-0.1, -0.05) is 29.4 Å². The van der Waals surface area contributed by atoms with Gasteiger partial charge >= 0.3 is 0 Å². The van der Waals surface area contributed by atoms with Gasteiger partial charge < -0.3 is 24.1 Å². The van der Waals surface area contributed by atoms with Gasteiger partial charge in [0.2, 0.25) is 0 Å². The standard InChI is InChI=1S/C27H27N5O6S/c1-17-13-26(32(29-17)16-18-9-11-19(35-2)12-10-18)28-21-15-23-20(14-24(21)37-4)27(30-38-23)31-39(33,34)25-8-6-5-7-22(25)36-3/h5-15,28H,16H2,1-4H3,(H,30,31). The van der Waals surface area contributed by atoms with Crippen LogP contribution in [0.2, 0.25) is 0 Å². The number of nitrogens with zero attached hydrogens (tertiary/aromatic N) is 3. The number of para-hydroxylation sites is 1. The first kappa shape index (κ1) is 25.9. The Morgan fingerprint density at radius 2 is 1.67 bits per heavy atom. The molecule has 2 aromatic heterocycles. The fraction of sp³-hybridized carbons (Fsp3) is 0.185. The highest BCUT2D eigenvalue weighted by Crippen LogP contribution is 2.37. The minimum atomic E-state index is -4.01. The van der Waals surface area contributed by atoms with Gasteiger partial charge in [0.15, 0.2) is 11.4 Å². The maximum Gasteiger partial charge on any atom is 0.266 e. The molecule has 0 radical (unpaired) electrons. The van der Waals surface area contributed by atoms with Crippen LogP contribution in [0.25, 0.3) is 11.0 Å². The largest absolute Gasteiger partial charge is 0.497 e. The molecule has 0 aliphatic heterocycles. The van der Waals surface area contributed by atoms with Gasteiger partial charge in [0.1, 0.15) is 28.0 Å². The van der Waals surface area contributed by atoms with Crippen molar-refractivity contribution in [2.24, 2.45) is 0 Å². The maximum atomic E-state index is 13.1. The highest BCUT2D eigenvalue weighted by Gasteiger charge is 2.23. The van der Waals surface area contributed by atoms with E-state index in [0.29, 0.717) is 29.0 Å². The van der Waals surface area contributed by atoms with Gasteiger partial charge in [-0.15, -0.1) is 0 Å². The van der Waals surface area contributed by atoms with Crippen LogP contribution < -0.4 is 24.2 Å². The number of aryl methyl sites for hydroxylation is 1.